The quantitative estimate of drug-likeness (QED) is 0.756. The first-order chi connectivity index (χ1) is 7.37. The number of carbonyl (C=O) groups excluding carboxylic acids is 1. The van der Waals surface area contributed by atoms with Crippen molar-refractivity contribution >= 4 is 31.4 Å². The van der Waals surface area contributed by atoms with Crippen molar-refractivity contribution in [2.45, 2.75) is 45.8 Å². The Bertz CT molecular complexity index is 256. The Morgan fingerprint density at radius 2 is 1.29 bits per heavy atom. The molecule has 8 heteroatoms. The first kappa shape index (κ1) is 17.0. The van der Waals surface area contributed by atoms with Gasteiger partial charge < -0.3 is 18.4 Å². The fraction of sp³-hybridized carbons (Fsp3) is 0.889. The lowest BCUT2D eigenvalue weighted by molar-refractivity contribution is -0.135. The van der Waals surface area contributed by atoms with Gasteiger partial charge in [0.05, 0.1) is 6.54 Å². The largest absolute Gasteiger partial charge is 0.543 e. The van der Waals surface area contributed by atoms with Gasteiger partial charge in [0.25, 0.3) is 0 Å². The van der Waals surface area contributed by atoms with Gasteiger partial charge in [-0.05, 0) is 39.3 Å². The Labute approximate surface area is 107 Å². The molecule has 0 fully saturated rings. The second-order valence-electron chi connectivity index (χ2n) is 5.97. The zero-order valence-electron chi connectivity index (χ0n) is 11.9. The van der Waals surface area contributed by atoms with Gasteiger partial charge in [0.15, 0.2) is 16.6 Å². The molecule has 0 heterocycles. The number of carbonyl (C=O) groups is 1. The summed E-state index contributed by atoms with van der Waals surface area (Å²) in [5.41, 5.74) is 5.27. The summed E-state index contributed by atoms with van der Waals surface area (Å²) in [6, 6.07) is 0. The minimum absolute atomic E-state index is 0.146. The first-order valence-electron chi connectivity index (χ1n) is 5.69. The van der Waals surface area contributed by atoms with Crippen molar-refractivity contribution in [3.05, 3.63) is 0 Å². The molecule has 0 aliphatic heterocycles. The van der Waals surface area contributed by atoms with Gasteiger partial charge in [0.1, 0.15) is 0 Å². The van der Waals surface area contributed by atoms with Crippen LogP contribution < -0.4 is 5.73 Å². The van der Waals surface area contributed by atoms with E-state index in [0.29, 0.717) is 0 Å². The van der Waals surface area contributed by atoms with Gasteiger partial charge in [-0.15, -0.1) is 0 Å². The molecule has 0 aliphatic rings. The molecule has 0 bridgehead atoms. The van der Waals surface area contributed by atoms with Crippen molar-refractivity contribution in [3.8, 4) is 0 Å². The van der Waals surface area contributed by atoms with E-state index in [4.69, 9.17) is 18.4 Å². The molecule has 0 amide bonds. The Balaban J connectivity index is 4.87. The summed E-state index contributed by atoms with van der Waals surface area (Å²) in [7, 11) is -6.57. The fourth-order valence-electron chi connectivity index (χ4n) is 1.42. The average Bonchev–Trinajstić information content (AvgIpc) is 1.94. The van der Waals surface area contributed by atoms with Crippen LogP contribution in [-0.2, 0) is 17.5 Å². The molecule has 17 heavy (non-hydrogen) atoms. The molecule has 102 valence electrons. The van der Waals surface area contributed by atoms with E-state index in [1.807, 2.05) is 39.3 Å². The van der Waals surface area contributed by atoms with Crippen molar-refractivity contribution in [1.82, 2.24) is 0 Å². The van der Waals surface area contributed by atoms with E-state index in [0.717, 1.165) is 0 Å². The molecular formula is C9H25NO4Si3. The highest BCUT2D eigenvalue weighted by atomic mass is 28.5. The lowest BCUT2D eigenvalue weighted by Crippen LogP contribution is -2.56. The van der Waals surface area contributed by atoms with E-state index >= 15 is 0 Å². The predicted octanol–water partition coefficient (Wildman–Crippen LogP) is 1.76. The third-order valence-electron chi connectivity index (χ3n) is 1.45. The van der Waals surface area contributed by atoms with E-state index in [9.17, 15) is 4.79 Å². The highest BCUT2D eigenvalue weighted by Crippen LogP contribution is 2.21. The molecule has 0 aromatic carbocycles. The molecule has 0 aromatic heterocycles. The number of hydrogen-bond acceptors (Lipinski definition) is 5. The van der Waals surface area contributed by atoms with Crippen LogP contribution >= 0.6 is 0 Å². The minimum Gasteiger partial charge on any atom is -0.473 e. The highest BCUT2D eigenvalue weighted by molar-refractivity contribution is 6.85. The van der Waals surface area contributed by atoms with Gasteiger partial charge in [0.2, 0.25) is 0 Å². The molecule has 0 aliphatic carbocycles. The summed E-state index contributed by atoms with van der Waals surface area (Å²) >= 11 is 0. The number of hydrogen-bond donors (Lipinski definition) is 1. The zero-order chi connectivity index (χ0) is 13.9. The van der Waals surface area contributed by atoms with Gasteiger partial charge >= 0.3 is 14.8 Å². The second-order valence-corrected chi connectivity index (χ2v) is 18.0. The monoisotopic (exact) mass is 295 g/mol. The fourth-order valence-corrected chi connectivity index (χ4v) is 11.7. The first-order valence-corrected chi connectivity index (χ1v) is 14.7. The second kappa shape index (κ2) is 5.76. The molecule has 0 radical (unpaired) electrons. The number of rotatable bonds is 6. The Morgan fingerprint density at radius 3 is 1.53 bits per heavy atom. The van der Waals surface area contributed by atoms with Crippen molar-refractivity contribution < 1.29 is 17.5 Å². The molecule has 2 N–H and O–H groups in total. The SMILES string of the molecule is C[Si](C)(C)O[Si](C)(OC(=O)CN)O[Si](C)(C)C. The van der Waals surface area contributed by atoms with E-state index in [2.05, 4.69) is 0 Å². The van der Waals surface area contributed by atoms with Crippen LogP contribution in [0, 0.1) is 0 Å². The maximum Gasteiger partial charge on any atom is 0.543 e. The summed E-state index contributed by atoms with van der Waals surface area (Å²) in [6.07, 6.45) is 0. The molecule has 0 aromatic rings. The molecule has 0 atom stereocenters. The van der Waals surface area contributed by atoms with E-state index < -0.39 is 31.4 Å². The van der Waals surface area contributed by atoms with Crippen molar-refractivity contribution in [1.29, 1.82) is 0 Å². The van der Waals surface area contributed by atoms with Gasteiger partial charge in [-0.25, -0.2) is 0 Å². The predicted molar refractivity (Wildman–Crippen MR) is 75.6 cm³/mol. The van der Waals surface area contributed by atoms with Crippen molar-refractivity contribution in [2.75, 3.05) is 6.54 Å². The van der Waals surface area contributed by atoms with Crippen molar-refractivity contribution in [3.63, 3.8) is 0 Å². The van der Waals surface area contributed by atoms with Crippen LogP contribution in [-0.4, -0.2) is 38.0 Å². The molecule has 0 spiro atoms. The van der Waals surface area contributed by atoms with Crippen LogP contribution in [0.5, 0.6) is 0 Å². The standard InChI is InChI=1S/C9H25NO4Si3/c1-15(2,3)13-17(7,12-9(11)8-10)14-16(4,5)6/h8,10H2,1-7H3. The minimum atomic E-state index is -2.91. The lowest BCUT2D eigenvalue weighted by Gasteiger charge is -2.36. The van der Waals surface area contributed by atoms with Gasteiger partial charge in [0, 0.05) is 6.55 Å². The normalized spacial score (nSPS) is 13.6. The third-order valence-corrected chi connectivity index (χ3v) is 9.91. The summed E-state index contributed by atoms with van der Waals surface area (Å²) in [6.45, 7) is 13.9. The van der Waals surface area contributed by atoms with Crippen LogP contribution in [0.4, 0.5) is 0 Å². The van der Waals surface area contributed by atoms with E-state index in [-0.39, 0.29) is 6.54 Å². The van der Waals surface area contributed by atoms with E-state index in [1.54, 1.807) is 6.55 Å². The third kappa shape index (κ3) is 8.69. The summed E-state index contributed by atoms with van der Waals surface area (Å²) in [5, 5.41) is 0. The van der Waals surface area contributed by atoms with Crippen LogP contribution in [0.1, 0.15) is 0 Å². The molecule has 0 saturated heterocycles. The Morgan fingerprint density at radius 1 is 0.941 bits per heavy atom. The van der Waals surface area contributed by atoms with E-state index in [1.165, 1.54) is 0 Å². The van der Waals surface area contributed by atoms with Crippen LogP contribution in [0.25, 0.3) is 0 Å². The molecule has 0 saturated carbocycles. The summed E-state index contributed by atoms with van der Waals surface area (Å²) in [5.74, 6) is -0.462. The summed E-state index contributed by atoms with van der Waals surface area (Å²) in [4.78, 5) is 11.4. The van der Waals surface area contributed by atoms with Gasteiger partial charge in [-0.2, -0.15) is 0 Å². The lowest BCUT2D eigenvalue weighted by atomic mass is 10.7. The van der Waals surface area contributed by atoms with Gasteiger partial charge in [-0.1, -0.05) is 0 Å². The smallest absolute Gasteiger partial charge is 0.473 e. The number of nitrogens with two attached hydrogens (primary N) is 1. The Kier molecular flexibility index (Phi) is 5.76. The molecular weight excluding hydrogens is 270 g/mol. The highest BCUT2D eigenvalue weighted by Gasteiger charge is 2.45. The molecule has 0 unspecified atom stereocenters. The topological polar surface area (TPSA) is 70.8 Å². The maximum absolute atomic E-state index is 11.4. The van der Waals surface area contributed by atoms with Crippen molar-refractivity contribution in [2.24, 2.45) is 5.73 Å². The zero-order valence-corrected chi connectivity index (χ0v) is 14.9. The van der Waals surface area contributed by atoms with Crippen LogP contribution in [0.15, 0.2) is 0 Å². The van der Waals surface area contributed by atoms with Gasteiger partial charge in [-0.3, -0.25) is 4.79 Å². The summed E-state index contributed by atoms with van der Waals surface area (Å²) < 4.78 is 17.3. The van der Waals surface area contributed by atoms with Crippen LogP contribution in [0.3, 0.4) is 0 Å². The molecule has 0 rings (SSSR count). The maximum atomic E-state index is 11.4. The Hall–Kier alpha value is 0.000649. The molecule has 5 nitrogen and oxygen atoms in total. The average molecular weight is 296 g/mol. The van der Waals surface area contributed by atoms with Crippen LogP contribution in [0.2, 0.25) is 45.8 Å².